The number of aromatic nitrogens is 1. The van der Waals surface area contributed by atoms with Crippen molar-refractivity contribution in [1.82, 2.24) is 0 Å². The largest absolute Gasteiger partial charge is 0.618 e. The summed E-state index contributed by atoms with van der Waals surface area (Å²) >= 11 is 1.43. The topological polar surface area (TPSA) is 150 Å². The first-order valence-corrected chi connectivity index (χ1v) is 16.2. The lowest BCUT2D eigenvalue weighted by Gasteiger charge is -2.36. The Morgan fingerprint density at radius 2 is 1.63 bits per heavy atom. The van der Waals surface area contributed by atoms with E-state index in [1.165, 1.54) is 18.0 Å². The first-order chi connectivity index (χ1) is 22.4. The molecule has 1 saturated heterocycles. The number of amides is 2. The number of nitrogens with zero attached hydrogens (tertiary/aromatic N) is 1. The molecule has 11 heteroatoms. The fourth-order valence-electron chi connectivity index (χ4n) is 5.11. The second-order valence-electron chi connectivity index (χ2n) is 11.0. The molecule has 10 nitrogen and oxygen atoms in total. The first-order valence-electron chi connectivity index (χ1n) is 15.2. The summed E-state index contributed by atoms with van der Waals surface area (Å²) in [6.07, 6.45) is 2.53. The van der Waals surface area contributed by atoms with E-state index in [9.17, 15) is 19.9 Å². The number of aliphatic hydroxyl groups is 1. The van der Waals surface area contributed by atoms with Crippen molar-refractivity contribution in [2.24, 2.45) is 0 Å². The molecule has 3 aromatic carbocycles. The number of para-hydroxylation sites is 2. The molecule has 1 fully saturated rings. The van der Waals surface area contributed by atoms with E-state index < -0.39 is 6.29 Å². The average Bonchev–Trinajstić information content (AvgIpc) is 3.07. The molecule has 0 bridgehead atoms. The molecule has 1 aromatic heterocycles. The van der Waals surface area contributed by atoms with E-state index in [4.69, 9.17) is 15.2 Å². The van der Waals surface area contributed by atoms with Gasteiger partial charge in [0.05, 0.1) is 30.2 Å². The van der Waals surface area contributed by atoms with Crippen LogP contribution in [0.15, 0.2) is 102 Å². The minimum absolute atomic E-state index is 0.0409. The molecule has 0 aliphatic carbocycles. The minimum atomic E-state index is -0.703. The number of benzene rings is 3. The van der Waals surface area contributed by atoms with Gasteiger partial charge in [0.15, 0.2) is 12.5 Å². The van der Waals surface area contributed by atoms with Crippen LogP contribution >= 0.6 is 11.8 Å². The Morgan fingerprint density at radius 3 is 2.37 bits per heavy atom. The van der Waals surface area contributed by atoms with Crippen LogP contribution in [0.5, 0.6) is 0 Å². The number of nitrogen functional groups attached to an aromatic ring is 1. The molecule has 1 aliphatic heterocycles. The number of aliphatic hydroxyl groups excluding tert-OH is 1. The smallest absolute Gasteiger partial charge is 0.251 e. The number of carbonyl (C=O) groups excluding carboxylic acids is 2. The number of unbranched alkanes of at least 4 members (excludes halogenated alkanes) is 1. The molecule has 46 heavy (non-hydrogen) atoms. The Kier molecular flexibility index (Phi) is 11.6. The van der Waals surface area contributed by atoms with Crippen LogP contribution < -0.4 is 21.1 Å². The van der Waals surface area contributed by atoms with Gasteiger partial charge in [0.2, 0.25) is 11.8 Å². The minimum Gasteiger partial charge on any atom is -0.618 e. The van der Waals surface area contributed by atoms with Crippen LogP contribution in [-0.4, -0.2) is 28.8 Å². The molecular formula is C35H38N4O6S. The Bertz CT molecular complexity index is 1620. The van der Waals surface area contributed by atoms with Crippen molar-refractivity contribution in [3.05, 3.63) is 119 Å². The summed E-state index contributed by atoms with van der Waals surface area (Å²) in [5.74, 6) is 0.249. The van der Waals surface area contributed by atoms with Gasteiger partial charge in [-0.1, -0.05) is 60.3 Å². The molecule has 2 amide bonds. The van der Waals surface area contributed by atoms with Crippen molar-refractivity contribution < 1.29 is 28.9 Å². The highest BCUT2D eigenvalue weighted by atomic mass is 32.2. The maximum atomic E-state index is 12.7. The number of nitrogens with two attached hydrogens (primary N) is 1. The number of hydrogen-bond donors (Lipinski definition) is 4. The summed E-state index contributed by atoms with van der Waals surface area (Å²) in [5, 5.41) is 28.0. The number of nitrogens with one attached hydrogen (secondary N) is 2. The molecular weight excluding hydrogens is 604 g/mol. The Labute approximate surface area is 272 Å². The normalized spacial score (nSPS) is 17.7. The highest BCUT2D eigenvalue weighted by molar-refractivity contribution is 7.99. The van der Waals surface area contributed by atoms with E-state index in [2.05, 4.69) is 10.6 Å². The Hall–Kier alpha value is -4.42. The number of pyridine rings is 1. The van der Waals surface area contributed by atoms with Gasteiger partial charge in [-0.25, -0.2) is 0 Å². The maximum Gasteiger partial charge on any atom is 0.251 e. The van der Waals surface area contributed by atoms with Crippen molar-refractivity contribution in [1.29, 1.82) is 0 Å². The molecule has 0 saturated carbocycles. The summed E-state index contributed by atoms with van der Waals surface area (Å²) in [4.78, 5) is 25.0. The Balaban J connectivity index is 1.18. The van der Waals surface area contributed by atoms with E-state index in [1.54, 1.807) is 36.4 Å². The summed E-state index contributed by atoms with van der Waals surface area (Å²) in [7, 11) is 0. The number of carbonyl (C=O) groups is 2. The standard InChI is InChI=1S/C35H38N4O6S/c36-29-10-1-2-11-30(29)38-33(42)13-4-3-12-32(41)37-27-9-7-8-26(20-27)35-44-28(23-46-34-14-5-6-19-39(34)43)21-31(45-35)25-17-15-24(22-40)16-18-25/h1-2,5-11,14-20,28,31,35,40H,3-4,12-13,21-23,36H2,(H,37,41)(H,38,42)/t28-,31+,35+/m1/s1. The predicted molar refractivity (Wildman–Crippen MR) is 178 cm³/mol. The van der Waals surface area contributed by atoms with Crippen molar-refractivity contribution in [2.45, 2.75) is 62.2 Å². The molecule has 2 heterocycles. The molecule has 5 N–H and O–H groups in total. The lowest BCUT2D eigenvalue weighted by atomic mass is 10.0. The van der Waals surface area contributed by atoms with E-state index in [1.807, 2.05) is 54.6 Å². The average molecular weight is 643 g/mol. The van der Waals surface area contributed by atoms with Gasteiger partial charge >= 0.3 is 0 Å². The van der Waals surface area contributed by atoms with Gasteiger partial charge in [-0.3, -0.25) is 9.59 Å². The fraction of sp³-hybridized carbons (Fsp3) is 0.286. The van der Waals surface area contributed by atoms with Crippen LogP contribution in [0.1, 0.15) is 61.2 Å². The van der Waals surface area contributed by atoms with Gasteiger partial charge in [-0.2, -0.15) is 4.73 Å². The first kappa shape index (κ1) is 33.0. The molecule has 3 atom stereocenters. The van der Waals surface area contributed by atoms with Gasteiger partial charge in [-0.15, -0.1) is 0 Å². The highest BCUT2D eigenvalue weighted by Gasteiger charge is 2.33. The van der Waals surface area contributed by atoms with Crippen LogP contribution in [-0.2, 0) is 25.7 Å². The number of thioether (sulfide) groups is 1. The predicted octanol–water partition coefficient (Wildman–Crippen LogP) is 5.87. The quantitative estimate of drug-likeness (QED) is 0.0465. The van der Waals surface area contributed by atoms with Crippen LogP contribution in [0.2, 0.25) is 0 Å². The second kappa shape index (κ2) is 16.2. The van der Waals surface area contributed by atoms with Gasteiger partial charge in [0, 0.05) is 48.4 Å². The van der Waals surface area contributed by atoms with Crippen LogP contribution in [0.25, 0.3) is 0 Å². The molecule has 0 radical (unpaired) electrons. The van der Waals surface area contributed by atoms with Crippen molar-refractivity contribution in [3.8, 4) is 0 Å². The molecule has 0 unspecified atom stereocenters. The third-order valence-corrected chi connectivity index (χ3v) is 8.71. The number of hydrogen-bond acceptors (Lipinski definition) is 8. The number of ether oxygens (including phenoxy) is 2. The highest BCUT2D eigenvalue weighted by Crippen LogP contribution is 2.39. The van der Waals surface area contributed by atoms with Gasteiger partial charge in [0.1, 0.15) is 0 Å². The summed E-state index contributed by atoms with van der Waals surface area (Å²) in [6.45, 7) is -0.0409. The molecule has 5 rings (SSSR count). The second-order valence-corrected chi connectivity index (χ2v) is 12.1. The zero-order valence-corrected chi connectivity index (χ0v) is 26.2. The molecule has 4 aromatic rings. The van der Waals surface area contributed by atoms with E-state index in [0.717, 1.165) is 21.4 Å². The summed E-state index contributed by atoms with van der Waals surface area (Å²) in [6, 6.07) is 27.4. The molecule has 1 aliphatic rings. The van der Waals surface area contributed by atoms with Crippen molar-refractivity contribution in [3.63, 3.8) is 0 Å². The summed E-state index contributed by atoms with van der Waals surface area (Å²) in [5.41, 5.74) is 10.1. The molecule has 240 valence electrons. The third kappa shape index (κ3) is 9.30. The van der Waals surface area contributed by atoms with Gasteiger partial charge in [0.25, 0.3) is 5.03 Å². The zero-order valence-electron chi connectivity index (χ0n) is 25.3. The zero-order chi connectivity index (χ0) is 32.3. The van der Waals surface area contributed by atoms with Crippen LogP contribution in [0.4, 0.5) is 17.1 Å². The van der Waals surface area contributed by atoms with E-state index in [0.29, 0.717) is 47.1 Å². The fourth-order valence-corrected chi connectivity index (χ4v) is 6.04. The SMILES string of the molecule is Nc1ccccc1NC(=O)CCCCC(=O)Nc1cccc([C@H]2O[C@@H](CSc3cccc[n+]3[O-])C[C@@H](c3ccc(CO)cc3)O2)c1. The van der Waals surface area contributed by atoms with Crippen LogP contribution in [0.3, 0.4) is 0 Å². The Morgan fingerprint density at radius 1 is 0.891 bits per heavy atom. The monoisotopic (exact) mass is 642 g/mol. The van der Waals surface area contributed by atoms with E-state index in [-0.39, 0.29) is 43.5 Å². The summed E-state index contributed by atoms with van der Waals surface area (Å²) < 4.78 is 13.7. The molecule has 0 spiro atoms. The van der Waals surface area contributed by atoms with Gasteiger partial charge in [-0.05, 0) is 54.3 Å². The van der Waals surface area contributed by atoms with Gasteiger partial charge < -0.3 is 36.2 Å². The number of rotatable bonds is 13. The van der Waals surface area contributed by atoms with Crippen LogP contribution in [0, 0.1) is 5.21 Å². The maximum absolute atomic E-state index is 12.7. The van der Waals surface area contributed by atoms with E-state index >= 15 is 0 Å². The lowest BCUT2D eigenvalue weighted by Crippen LogP contribution is -2.32. The van der Waals surface area contributed by atoms with Crippen molar-refractivity contribution >= 4 is 40.6 Å². The van der Waals surface area contributed by atoms with Crippen molar-refractivity contribution in [2.75, 3.05) is 22.1 Å². The third-order valence-electron chi connectivity index (χ3n) is 7.56. The number of anilines is 3. The lowest BCUT2D eigenvalue weighted by molar-refractivity contribution is -0.645.